The Morgan fingerprint density at radius 1 is 1.48 bits per heavy atom. The summed E-state index contributed by atoms with van der Waals surface area (Å²) in [6, 6.07) is 2.07. The first kappa shape index (κ1) is 15.8. The van der Waals surface area contributed by atoms with E-state index in [2.05, 4.69) is 36.9 Å². The van der Waals surface area contributed by atoms with E-state index < -0.39 is 0 Å². The lowest BCUT2D eigenvalue weighted by Gasteiger charge is -2.13. The summed E-state index contributed by atoms with van der Waals surface area (Å²) < 4.78 is 6.55. The van der Waals surface area contributed by atoms with Crippen molar-refractivity contribution < 1.29 is 9.53 Å². The molecule has 1 unspecified atom stereocenters. The molecule has 6 heteroatoms. The van der Waals surface area contributed by atoms with Gasteiger partial charge in [-0.05, 0) is 6.07 Å². The van der Waals surface area contributed by atoms with Gasteiger partial charge in [0.2, 0.25) is 0 Å². The lowest BCUT2D eigenvalue weighted by Crippen LogP contribution is -2.11. The van der Waals surface area contributed by atoms with E-state index in [0.29, 0.717) is 6.42 Å². The number of hydrogen-bond acceptors (Lipinski definition) is 5. The Kier molecular flexibility index (Phi) is 4.56. The van der Waals surface area contributed by atoms with E-state index in [1.807, 2.05) is 17.6 Å². The van der Waals surface area contributed by atoms with Crippen molar-refractivity contribution in [2.24, 2.45) is 0 Å². The first-order chi connectivity index (χ1) is 9.81. The maximum atomic E-state index is 11.3. The number of fused-ring (bicyclic) bond motifs is 1. The topological polar surface area (TPSA) is 56.5 Å². The molecule has 0 radical (unpaired) electrons. The molecule has 0 aromatic carbocycles. The van der Waals surface area contributed by atoms with Gasteiger partial charge in [0.1, 0.15) is 5.03 Å². The molecule has 114 valence electrons. The van der Waals surface area contributed by atoms with Crippen molar-refractivity contribution in [2.75, 3.05) is 7.11 Å². The molecule has 5 nitrogen and oxygen atoms in total. The maximum Gasteiger partial charge on any atom is 0.306 e. The summed E-state index contributed by atoms with van der Waals surface area (Å²) in [5, 5.41) is 5.59. The van der Waals surface area contributed by atoms with Crippen molar-refractivity contribution in [3.8, 4) is 0 Å². The van der Waals surface area contributed by atoms with Crippen LogP contribution in [-0.2, 0) is 14.9 Å². The van der Waals surface area contributed by atoms with Crippen molar-refractivity contribution in [1.82, 2.24) is 14.6 Å². The third kappa shape index (κ3) is 3.75. The molecule has 0 aliphatic rings. The molecule has 0 N–H and O–H groups in total. The number of methoxy groups -OCH3 is 1. The Morgan fingerprint density at radius 3 is 2.81 bits per heavy atom. The zero-order valence-corrected chi connectivity index (χ0v) is 13.9. The molecule has 0 aliphatic carbocycles. The van der Waals surface area contributed by atoms with Gasteiger partial charge in [0.15, 0.2) is 0 Å². The highest BCUT2D eigenvalue weighted by Gasteiger charge is 2.20. The lowest BCUT2D eigenvalue weighted by atomic mass is 9.92. The van der Waals surface area contributed by atoms with E-state index in [0.717, 1.165) is 16.2 Å². The zero-order valence-electron chi connectivity index (χ0n) is 13.1. The third-order valence-corrected chi connectivity index (χ3v) is 4.22. The van der Waals surface area contributed by atoms with Gasteiger partial charge >= 0.3 is 5.97 Å². The number of hydrogen-bond donors (Lipinski definition) is 0. The molecule has 1 atom stereocenters. The normalized spacial score (nSPS) is 13.4. The number of thioether (sulfide) groups is 1. The molecule has 0 saturated heterocycles. The molecule has 0 bridgehead atoms. The Bertz CT molecular complexity index is 646. The van der Waals surface area contributed by atoms with Crippen molar-refractivity contribution in [3.63, 3.8) is 0 Å². The summed E-state index contributed by atoms with van der Waals surface area (Å²) in [5.41, 5.74) is 1.99. The van der Waals surface area contributed by atoms with E-state index in [1.165, 1.54) is 7.11 Å². The Labute approximate surface area is 129 Å². The zero-order chi connectivity index (χ0) is 15.6. The summed E-state index contributed by atoms with van der Waals surface area (Å²) >= 11 is 1.57. The number of rotatable bonds is 4. The maximum absolute atomic E-state index is 11.3. The Hall–Kier alpha value is -1.56. The summed E-state index contributed by atoms with van der Waals surface area (Å²) in [5.74, 6) is -0.203. The summed E-state index contributed by atoms with van der Waals surface area (Å²) in [6.45, 7) is 8.40. The Morgan fingerprint density at radius 2 is 2.19 bits per heavy atom. The van der Waals surface area contributed by atoms with Crippen LogP contribution >= 0.6 is 11.8 Å². The smallest absolute Gasteiger partial charge is 0.306 e. The number of carbonyl (C=O) groups excluding carboxylic acids is 1. The molecule has 2 aromatic rings. The van der Waals surface area contributed by atoms with Crippen LogP contribution in [0, 0.1) is 0 Å². The van der Waals surface area contributed by atoms with Crippen molar-refractivity contribution in [3.05, 3.63) is 24.2 Å². The van der Waals surface area contributed by atoms with Gasteiger partial charge in [0.25, 0.3) is 0 Å². The average molecular weight is 307 g/mol. The van der Waals surface area contributed by atoms with Gasteiger partial charge in [-0.3, -0.25) is 4.79 Å². The second-order valence-corrected chi connectivity index (χ2v) is 7.48. The largest absolute Gasteiger partial charge is 0.469 e. The molecule has 2 aromatic heterocycles. The number of carbonyl (C=O) groups is 1. The second kappa shape index (κ2) is 6.05. The van der Waals surface area contributed by atoms with Gasteiger partial charge in [-0.15, -0.1) is 11.8 Å². The summed E-state index contributed by atoms with van der Waals surface area (Å²) in [6.07, 6.45) is 3.95. The summed E-state index contributed by atoms with van der Waals surface area (Å²) in [7, 11) is 1.41. The van der Waals surface area contributed by atoms with Gasteiger partial charge in [-0.2, -0.15) is 5.10 Å². The molecule has 0 spiro atoms. The van der Waals surface area contributed by atoms with Crippen LogP contribution in [0.3, 0.4) is 0 Å². The standard InChI is InChI=1S/C15H21N3O2S/c1-10(8-13(19)20-5)21-14-11-9-12(15(2,3)4)17-18(11)7-6-16-14/h6-7,9-10H,8H2,1-5H3. The predicted octanol–water partition coefficient (Wildman–Crippen LogP) is 3.07. The van der Waals surface area contributed by atoms with E-state index in [4.69, 9.17) is 4.74 Å². The van der Waals surface area contributed by atoms with Gasteiger partial charge in [0, 0.05) is 23.1 Å². The lowest BCUT2D eigenvalue weighted by molar-refractivity contribution is -0.140. The van der Waals surface area contributed by atoms with Crippen LogP contribution in [0.25, 0.3) is 5.52 Å². The first-order valence-electron chi connectivity index (χ1n) is 6.89. The molecule has 0 fully saturated rings. The molecule has 21 heavy (non-hydrogen) atoms. The van der Waals surface area contributed by atoms with E-state index >= 15 is 0 Å². The summed E-state index contributed by atoms with van der Waals surface area (Å²) in [4.78, 5) is 15.8. The molecular weight excluding hydrogens is 286 g/mol. The van der Waals surface area contributed by atoms with Crippen LogP contribution in [0.1, 0.15) is 39.8 Å². The Balaban J connectivity index is 2.28. The van der Waals surface area contributed by atoms with Crippen molar-refractivity contribution in [1.29, 1.82) is 0 Å². The average Bonchev–Trinajstić information content (AvgIpc) is 2.83. The number of ether oxygens (including phenoxy) is 1. The van der Waals surface area contributed by atoms with Crippen LogP contribution in [0.4, 0.5) is 0 Å². The molecular formula is C15H21N3O2S. The number of esters is 1. The highest BCUT2D eigenvalue weighted by Crippen LogP contribution is 2.30. The van der Waals surface area contributed by atoms with Crippen LogP contribution in [0.15, 0.2) is 23.5 Å². The SMILES string of the molecule is COC(=O)CC(C)Sc1nccn2nc(C(C)(C)C)cc12. The van der Waals surface area contributed by atoms with Gasteiger partial charge in [-0.25, -0.2) is 9.50 Å². The second-order valence-electron chi connectivity index (χ2n) is 6.05. The molecule has 0 aliphatic heterocycles. The van der Waals surface area contributed by atoms with Crippen LogP contribution in [0.2, 0.25) is 0 Å². The minimum atomic E-state index is -0.203. The van der Waals surface area contributed by atoms with E-state index in [9.17, 15) is 4.79 Å². The van der Waals surface area contributed by atoms with Gasteiger partial charge in [0.05, 0.1) is 24.7 Å². The minimum Gasteiger partial charge on any atom is -0.469 e. The van der Waals surface area contributed by atoms with Gasteiger partial charge in [-0.1, -0.05) is 27.7 Å². The highest BCUT2D eigenvalue weighted by molar-refractivity contribution is 8.00. The fourth-order valence-corrected chi connectivity index (χ4v) is 2.90. The molecule has 0 saturated carbocycles. The first-order valence-corrected chi connectivity index (χ1v) is 7.77. The highest BCUT2D eigenvalue weighted by atomic mass is 32.2. The van der Waals surface area contributed by atoms with Crippen molar-refractivity contribution >= 4 is 23.2 Å². The van der Waals surface area contributed by atoms with E-state index in [1.54, 1.807) is 18.0 Å². The van der Waals surface area contributed by atoms with Crippen LogP contribution < -0.4 is 0 Å². The molecule has 2 rings (SSSR count). The van der Waals surface area contributed by atoms with Crippen LogP contribution in [-0.4, -0.2) is 32.9 Å². The molecule has 0 amide bonds. The van der Waals surface area contributed by atoms with Crippen LogP contribution in [0.5, 0.6) is 0 Å². The van der Waals surface area contributed by atoms with E-state index in [-0.39, 0.29) is 16.6 Å². The monoisotopic (exact) mass is 307 g/mol. The quantitative estimate of drug-likeness (QED) is 0.642. The fraction of sp³-hybridized carbons (Fsp3) is 0.533. The fourth-order valence-electron chi connectivity index (χ4n) is 1.91. The number of aromatic nitrogens is 3. The van der Waals surface area contributed by atoms with Gasteiger partial charge < -0.3 is 4.74 Å². The third-order valence-electron chi connectivity index (χ3n) is 3.12. The minimum absolute atomic E-state index is 0.00834. The molecule has 2 heterocycles. The number of nitrogens with zero attached hydrogens (tertiary/aromatic N) is 3. The predicted molar refractivity (Wildman–Crippen MR) is 83.6 cm³/mol. The van der Waals surface area contributed by atoms with Crippen molar-refractivity contribution in [2.45, 2.75) is 49.8 Å².